The number of rotatable bonds is 3. The molecular formula is C15H21N3O3S. The number of hydrogen-bond acceptors (Lipinski definition) is 5. The molecule has 1 amide bonds. The second-order valence-electron chi connectivity index (χ2n) is 5.98. The number of nitrogens with zero attached hydrogens (tertiary/aromatic N) is 3. The molecule has 0 bridgehead atoms. The minimum Gasteiger partial charge on any atom is -0.332 e. The predicted octanol–water partition coefficient (Wildman–Crippen LogP) is 0.415. The van der Waals surface area contributed by atoms with Gasteiger partial charge < -0.3 is 4.90 Å². The van der Waals surface area contributed by atoms with Gasteiger partial charge in [0.05, 0.1) is 17.5 Å². The lowest BCUT2D eigenvalue weighted by Gasteiger charge is -2.43. The summed E-state index contributed by atoms with van der Waals surface area (Å²) >= 11 is 0. The number of piperazine rings is 1. The Morgan fingerprint density at radius 2 is 1.91 bits per heavy atom. The van der Waals surface area contributed by atoms with Crippen molar-refractivity contribution in [3.63, 3.8) is 0 Å². The van der Waals surface area contributed by atoms with Crippen molar-refractivity contribution in [3.05, 3.63) is 30.1 Å². The van der Waals surface area contributed by atoms with Gasteiger partial charge in [0.2, 0.25) is 0 Å². The van der Waals surface area contributed by atoms with E-state index in [0.29, 0.717) is 12.1 Å². The molecule has 2 aliphatic heterocycles. The molecular weight excluding hydrogens is 302 g/mol. The summed E-state index contributed by atoms with van der Waals surface area (Å²) in [6, 6.07) is 3.06. The molecule has 6 nitrogen and oxygen atoms in total. The van der Waals surface area contributed by atoms with E-state index in [2.05, 4.69) is 16.8 Å². The summed E-state index contributed by atoms with van der Waals surface area (Å²) in [5, 5.41) is 0. The van der Waals surface area contributed by atoms with E-state index in [4.69, 9.17) is 0 Å². The molecule has 3 rings (SSSR count). The zero-order valence-corrected chi connectivity index (χ0v) is 13.5. The number of carbonyl (C=O) groups excluding carboxylic acids is 1. The maximum Gasteiger partial charge on any atom is 0.254 e. The summed E-state index contributed by atoms with van der Waals surface area (Å²) in [5.41, 5.74) is 0.571. The first-order chi connectivity index (χ1) is 10.5. The summed E-state index contributed by atoms with van der Waals surface area (Å²) < 4.78 is 24.2. The largest absolute Gasteiger partial charge is 0.332 e. The molecule has 3 heterocycles. The molecule has 2 aliphatic rings. The van der Waals surface area contributed by atoms with E-state index in [1.54, 1.807) is 29.4 Å². The normalized spacial score (nSPS) is 27.6. The second-order valence-corrected chi connectivity index (χ2v) is 8.14. The summed E-state index contributed by atoms with van der Waals surface area (Å²) in [5.74, 6) is 0.151. The highest BCUT2D eigenvalue weighted by molar-refractivity contribution is 7.91. The highest BCUT2D eigenvalue weighted by Crippen LogP contribution is 2.28. The number of aromatic nitrogens is 1. The lowest BCUT2D eigenvalue weighted by Crippen LogP contribution is -2.60. The summed E-state index contributed by atoms with van der Waals surface area (Å²) in [6.45, 7) is 4.29. The zero-order valence-electron chi connectivity index (χ0n) is 12.7. The molecule has 2 saturated heterocycles. The molecule has 0 N–H and O–H groups in total. The summed E-state index contributed by atoms with van der Waals surface area (Å²) in [7, 11) is -3.08. The Labute approximate surface area is 131 Å². The second kappa shape index (κ2) is 5.96. The van der Waals surface area contributed by atoms with E-state index < -0.39 is 9.84 Å². The van der Waals surface area contributed by atoms with Crippen LogP contribution in [-0.4, -0.2) is 72.3 Å². The van der Waals surface area contributed by atoms with Crippen molar-refractivity contribution >= 4 is 15.7 Å². The third-order valence-electron chi connectivity index (χ3n) is 4.49. The third-order valence-corrected chi connectivity index (χ3v) is 6.19. The SMILES string of the molecule is CCCN1CCN(C(=O)c2ccncc2)[C@H]2CS(=O)(=O)C[C@H]21. The highest BCUT2D eigenvalue weighted by Gasteiger charge is 2.47. The predicted molar refractivity (Wildman–Crippen MR) is 83.4 cm³/mol. The molecule has 2 atom stereocenters. The fraction of sp³-hybridized carbons (Fsp3) is 0.600. The summed E-state index contributed by atoms with van der Waals surface area (Å²) in [6.07, 6.45) is 4.16. The van der Waals surface area contributed by atoms with Gasteiger partial charge >= 0.3 is 0 Å². The van der Waals surface area contributed by atoms with E-state index >= 15 is 0 Å². The molecule has 0 aromatic carbocycles. The van der Waals surface area contributed by atoms with Gasteiger partial charge in [-0.25, -0.2) is 8.42 Å². The van der Waals surface area contributed by atoms with Crippen LogP contribution in [-0.2, 0) is 9.84 Å². The molecule has 1 aromatic rings. The average Bonchev–Trinajstić information content (AvgIpc) is 2.83. The van der Waals surface area contributed by atoms with Gasteiger partial charge in [-0.2, -0.15) is 0 Å². The third kappa shape index (κ3) is 2.87. The minimum atomic E-state index is -3.08. The monoisotopic (exact) mass is 323 g/mol. The average molecular weight is 323 g/mol. The Hall–Kier alpha value is -1.47. The smallest absolute Gasteiger partial charge is 0.254 e. The van der Waals surface area contributed by atoms with Gasteiger partial charge in [-0.3, -0.25) is 14.7 Å². The van der Waals surface area contributed by atoms with Gasteiger partial charge in [-0.1, -0.05) is 6.92 Å². The maximum absolute atomic E-state index is 12.7. The highest BCUT2D eigenvalue weighted by atomic mass is 32.2. The molecule has 0 aliphatic carbocycles. The van der Waals surface area contributed by atoms with Crippen molar-refractivity contribution in [1.82, 2.24) is 14.8 Å². The van der Waals surface area contributed by atoms with Crippen LogP contribution in [0, 0.1) is 0 Å². The number of hydrogen-bond donors (Lipinski definition) is 0. The summed E-state index contributed by atoms with van der Waals surface area (Å²) in [4.78, 5) is 20.6. The van der Waals surface area contributed by atoms with Crippen LogP contribution < -0.4 is 0 Å². The van der Waals surface area contributed by atoms with Crippen LogP contribution in [0.1, 0.15) is 23.7 Å². The molecule has 0 saturated carbocycles. The first kappa shape index (κ1) is 15.4. The van der Waals surface area contributed by atoms with E-state index in [0.717, 1.165) is 19.5 Å². The van der Waals surface area contributed by atoms with Crippen molar-refractivity contribution < 1.29 is 13.2 Å². The Morgan fingerprint density at radius 1 is 1.23 bits per heavy atom. The van der Waals surface area contributed by atoms with E-state index in [1.807, 2.05) is 0 Å². The van der Waals surface area contributed by atoms with Crippen molar-refractivity contribution in [2.24, 2.45) is 0 Å². The van der Waals surface area contributed by atoms with Gasteiger partial charge in [0.15, 0.2) is 9.84 Å². The van der Waals surface area contributed by atoms with Gasteiger partial charge in [0, 0.05) is 37.1 Å². The first-order valence-corrected chi connectivity index (χ1v) is 9.49. The van der Waals surface area contributed by atoms with E-state index in [9.17, 15) is 13.2 Å². The van der Waals surface area contributed by atoms with Crippen molar-refractivity contribution in [2.75, 3.05) is 31.1 Å². The molecule has 0 spiro atoms. The minimum absolute atomic E-state index is 0.0653. The number of pyridine rings is 1. The molecule has 22 heavy (non-hydrogen) atoms. The van der Waals surface area contributed by atoms with Gasteiger partial charge in [-0.15, -0.1) is 0 Å². The van der Waals surface area contributed by atoms with Gasteiger partial charge in [0.25, 0.3) is 5.91 Å². The van der Waals surface area contributed by atoms with Crippen LogP contribution in [0.3, 0.4) is 0 Å². The van der Waals surface area contributed by atoms with Crippen LogP contribution in [0.25, 0.3) is 0 Å². The number of amides is 1. The van der Waals surface area contributed by atoms with Gasteiger partial charge in [-0.05, 0) is 25.1 Å². The quantitative estimate of drug-likeness (QED) is 0.806. The van der Waals surface area contributed by atoms with Crippen LogP contribution in [0.2, 0.25) is 0 Å². The van der Waals surface area contributed by atoms with Crippen LogP contribution in [0.5, 0.6) is 0 Å². The fourth-order valence-electron chi connectivity index (χ4n) is 3.50. The van der Waals surface area contributed by atoms with Crippen molar-refractivity contribution in [2.45, 2.75) is 25.4 Å². The van der Waals surface area contributed by atoms with Crippen LogP contribution >= 0.6 is 0 Å². The van der Waals surface area contributed by atoms with Crippen molar-refractivity contribution in [3.8, 4) is 0 Å². The zero-order chi connectivity index (χ0) is 15.7. The van der Waals surface area contributed by atoms with Gasteiger partial charge in [0.1, 0.15) is 0 Å². The lowest BCUT2D eigenvalue weighted by atomic mass is 10.0. The Bertz CT molecular complexity index is 647. The van der Waals surface area contributed by atoms with E-state index in [1.165, 1.54) is 0 Å². The van der Waals surface area contributed by atoms with E-state index in [-0.39, 0.29) is 29.5 Å². The molecule has 7 heteroatoms. The lowest BCUT2D eigenvalue weighted by molar-refractivity contribution is 0.0333. The molecule has 1 aromatic heterocycles. The number of carbonyl (C=O) groups is 1. The fourth-order valence-corrected chi connectivity index (χ4v) is 5.51. The standard InChI is InChI=1S/C15H21N3O3S/c1-2-7-17-8-9-18(14-11-22(20,21)10-13(14)17)15(19)12-3-5-16-6-4-12/h3-6,13-14H,2,7-11H2,1H3/t13-,14+/m1/s1. The number of fused-ring (bicyclic) bond motifs is 1. The number of sulfone groups is 1. The van der Waals surface area contributed by atoms with Crippen LogP contribution in [0.15, 0.2) is 24.5 Å². The molecule has 0 radical (unpaired) electrons. The Balaban J connectivity index is 1.86. The maximum atomic E-state index is 12.7. The molecule has 2 fully saturated rings. The Morgan fingerprint density at radius 3 is 2.59 bits per heavy atom. The molecule has 120 valence electrons. The van der Waals surface area contributed by atoms with Crippen molar-refractivity contribution in [1.29, 1.82) is 0 Å². The first-order valence-electron chi connectivity index (χ1n) is 7.67. The van der Waals surface area contributed by atoms with Crippen LogP contribution in [0.4, 0.5) is 0 Å². The Kier molecular flexibility index (Phi) is 4.18. The topological polar surface area (TPSA) is 70.6 Å². The molecule has 0 unspecified atom stereocenters.